The van der Waals surface area contributed by atoms with Crippen LogP contribution in [0.2, 0.25) is 0 Å². The number of ether oxygens (including phenoxy) is 7. The van der Waals surface area contributed by atoms with Crippen molar-refractivity contribution in [3.05, 3.63) is 76.5 Å². The van der Waals surface area contributed by atoms with Gasteiger partial charge in [-0.1, -0.05) is 50.2 Å². The molecule has 1 aliphatic heterocycles. The van der Waals surface area contributed by atoms with E-state index >= 15 is 0 Å². The van der Waals surface area contributed by atoms with E-state index < -0.39 is 82.8 Å². The van der Waals surface area contributed by atoms with Gasteiger partial charge in [0.05, 0.1) is 27.4 Å². The van der Waals surface area contributed by atoms with Gasteiger partial charge in [0, 0.05) is 18.9 Å². The number of benzene rings is 2. The maximum Gasteiger partial charge on any atom is 0.311 e. The van der Waals surface area contributed by atoms with E-state index in [0.717, 1.165) is 16.7 Å². The topological polar surface area (TPSA) is 168 Å². The van der Waals surface area contributed by atoms with E-state index in [9.17, 15) is 24.0 Å². The second kappa shape index (κ2) is 19.7. The van der Waals surface area contributed by atoms with Gasteiger partial charge in [0.25, 0.3) is 0 Å². The molecule has 0 N–H and O–H groups in total. The van der Waals surface area contributed by atoms with Crippen molar-refractivity contribution in [1.82, 2.24) is 9.78 Å². The number of rotatable bonds is 13. The first kappa shape index (κ1) is 50.4. The highest BCUT2D eigenvalue weighted by Gasteiger charge is 2.56. The van der Waals surface area contributed by atoms with Crippen LogP contribution >= 0.6 is 0 Å². The van der Waals surface area contributed by atoms with Gasteiger partial charge in [-0.3, -0.25) is 24.0 Å². The molecular weight excluding hydrogens is 809 g/mol. The molecule has 0 unspecified atom stereocenters. The highest BCUT2D eigenvalue weighted by atomic mass is 16.7. The first-order valence-corrected chi connectivity index (χ1v) is 21.5. The van der Waals surface area contributed by atoms with Crippen molar-refractivity contribution < 1.29 is 57.1 Å². The Morgan fingerprint density at radius 1 is 0.714 bits per heavy atom. The van der Waals surface area contributed by atoms with Gasteiger partial charge in [0.2, 0.25) is 24.2 Å². The third-order valence-electron chi connectivity index (χ3n) is 10.1. The normalized spacial score (nSPS) is 19.5. The largest absolute Gasteiger partial charge is 0.489 e. The Hall–Kier alpha value is -5.24. The highest BCUT2D eigenvalue weighted by molar-refractivity contribution is 5.78. The number of aryl methyl sites for hydroxylation is 1. The summed E-state index contributed by atoms with van der Waals surface area (Å²) in [7, 11) is 0. The summed E-state index contributed by atoms with van der Waals surface area (Å²) in [5.41, 5.74) is -0.162. The van der Waals surface area contributed by atoms with Crippen molar-refractivity contribution in [2.24, 2.45) is 21.7 Å². The monoisotopic (exact) mass is 876 g/mol. The van der Waals surface area contributed by atoms with Crippen LogP contribution in [0.3, 0.4) is 0 Å². The Morgan fingerprint density at radius 2 is 1.24 bits per heavy atom. The summed E-state index contributed by atoms with van der Waals surface area (Å²) in [4.78, 5) is 67.8. The molecular formula is C49H68N2O12. The molecule has 0 amide bonds. The lowest BCUT2D eigenvalue weighted by Gasteiger charge is -2.45. The summed E-state index contributed by atoms with van der Waals surface area (Å²) in [6.07, 6.45) is -7.25. The number of carbonyl (C=O) groups is 5. The lowest BCUT2D eigenvalue weighted by atomic mass is 9.93. The molecule has 0 bridgehead atoms. The average Bonchev–Trinajstić information content (AvgIpc) is 3.52. The maximum atomic E-state index is 13.9. The molecule has 0 aliphatic carbocycles. The smallest absolute Gasteiger partial charge is 0.311 e. The highest BCUT2D eigenvalue weighted by Crippen LogP contribution is 2.38. The molecule has 5 atom stereocenters. The second-order valence-corrected chi connectivity index (χ2v) is 20.7. The molecule has 63 heavy (non-hydrogen) atoms. The minimum Gasteiger partial charge on any atom is -0.489 e. The van der Waals surface area contributed by atoms with E-state index in [1.54, 1.807) is 83.1 Å². The molecule has 2 heterocycles. The number of carbonyl (C=O) groups excluding carboxylic acids is 5. The van der Waals surface area contributed by atoms with E-state index in [0.29, 0.717) is 23.6 Å². The van der Waals surface area contributed by atoms with Crippen LogP contribution in [0.25, 0.3) is 0 Å². The molecule has 4 rings (SSSR count). The van der Waals surface area contributed by atoms with E-state index in [-0.39, 0.29) is 24.1 Å². The Kier molecular flexibility index (Phi) is 15.7. The van der Waals surface area contributed by atoms with E-state index in [1.165, 1.54) is 11.6 Å². The molecule has 1 aliphatic rings. The number of esters is 4. The van der Waals surface area contributed by atoms with Gasteiger partial charge in [-0.2, -0.15) is 0 Å². The number of aromatic nitrogens is 2. The molecule has 0 spiro atoms. The van der Waals surface area contributed by atoms with Gasteiger partial charge in [-0.15, -0.1) is 5.10 Å². The van der Waals surface area contributed by atoms with Crippen LogP contribution in [-0.2, 0) is 55.9 Å². The van der Waals surface area contributed by atoms with Crippen LogP contribution < -0.4 is 9.47 Å². The Bertz CT molecular complexity index is 2110. The summed E-state index contributed by atoms with van der Waals surface area (Å²) in [5.74, 6) is -2.62. The zero-order valence-corrected chi connectivity index (χ0v) is 40.0. The molecule has 2 aromatic carbocycles. The average molecular weight is 877 g/mol. The van der Waals surface area contributed by atoms with Crippen molar-refractivity contribution in [1.29, 1.82) is 0 Å². The quantitative estimate of drug-likeness (QED) is 0.118. The van der Waals surface area contributed by atoms with Gasteiger partial charge in [-0.25, -0.2) is 4.68 Å². The minimum absolute atomic E-state index is 0.0176. The molecule has 14 nitrogen and oxygen atoms in total. The first-order chi connectivity index (χ1) is 29.0. The maximum absolute atomic E-state index is 13.9. The zero-order chi connectivity index (χ0) is 47.4. The molecule has 0 saturated carbocycles. The van der Waals surface area contributed by atoms with Crippen LogP contribution in [0.5, 0.6) is 11.6 Å². The van der Waals surface area contributed by atoms with Crippen molar-refractivity contribution in [2.45, 2.75) is 160 Å². The molecule has 3 aromatic rings. The van der Waals surface area contributed by atoms with Gasteiger partial charge < -0.3 is 33.2 Å². The molecule has 14 heteroatoms. The SMILES string of the molecule is CC(=O)n1nc(O[C@@H]2O[C@H](COC(=O)C(C)(C)C)[C@@H](OC(=O)C(C)(C)C)[C@H](OC(=O)C(C)(C)C)[C@H]2OC(=O)C(C)(C)C)c(Cc2ccc(OCc3ccccc3)cc2C)c1C(C)C. The molecule has 1 saturated heterocycles. The van der Waals surface area contributed by atoms with Gasteiger partial charge in [0.1, 0.15) is 25.1 Å². The Balaban J connectivity index is 1.90. The first-order valence-electron chi connectivity index (χ1n) is 21.5. The fourth-order valence-electron chi connectivity index (χ4n) is 6.32. The van der Waals surface area contributed by atoms with Crippen LogP contribution in [-0.4, -0.2) is 76.9 Å². The second-order valence-electron chi connectivity index (χ2n) is 20.7. The van der Waals surface area contributed by atoms with Crippen molar-refractivity contribution >= 4 is 29.8 Å². The lowest BCUT2D eigenvalue weighted by molar-refractivity contribution is -0.294. The Morgan fingerprint density at radius 3 is 1.73 bits per heavy atom. The van der Waals surface area contributed by atoms with Crippen LogP contribution in [0.15, 0.2) is 48.5 Å². The number of hydrogen-bond donors (Lipinski definition) is 0. The molecule has 0 radical (unpaired) electrons. The van der Waals surface area contributed by atoms with Crippen LogP contribution in [0, 0.1) is 28.6 Å². The molecule has 346 valence electrons. The summed E-state index contributed by atoms with van der Waals surface area (Å²) >= 11 is 0. The number of nitrogens with zero attached hydrogens (tertiary/aromatic N) is 2. The van der Waals surface area contributed by atoms with Crippen molar-refractivity contribution in [3.8, 4) is 11.6 Å². The van der Waals surface area contributed by atoms with E-state index in [2.05, 4.69) is 5.10 Å². The fraction of sp³-hybridized carbons (Fsp3) is 0.592. The number of hydrogen-bond acceptors (Lipinski definition) is 13. The standard InChI is InChI=1S/C49H68N2O12/c1-28(2)36-34(25-32-22-23-33(24-29(32)3)57-26-31-20-18-17-19-21-31)40(50-51(36)30(4)52)63-41-39(62-45(56)49(14,15)16)38(61-44(55)48(11,12)13)37(60-43(54)47(8,9)10)35(59-41)27-58-42(53)46(5,6)7/h17-24,28,35,37-39,41H,25-27H2,1-16H3/t35-,37-,38+,39-,41+/m1/s1. The lowest BCUT2D eigenvalue weighted by Crippen LogP contribution is -2.65. The summed E-state index contributed by atoms with van der Waals surface area (Å²) in [6, 6.07) is 15.6. The van der Waals surface area contributed by atoms with Crippen molar-refractivity contribution in [2.75, 3.05) is 6.61 Å². The van der Waals surface area contributed by atoms with Gasteiger partial charge in [-0.05, 0) is 125 Å². The fourth-order valence-corrected chi connectivity index (χ4v) is 6.32. The molecule has 1 fully saturated rings. The summed E-state index contributed by atoms with van der Waals surface area (Å²) < 4.78 is 44.9. The third-order valence-corrected chi connectivity index (χ3v) is 10.1. The summed E-state index contributed by atoms with van der Waals surface area (Å²) in [5, 5.41) is 4.67. The minimum atomic E-state index is -1.61. The van der Waals surface area contributed by atoms with Gasteiger partial charge >= 0.3 is 23.9 Å². The third kappa shape index (κ3) is 13.2. The van der Waals surface area contributed by atoms with Gasteiger partial charge in [0.15, 0.2) is 12.2 Å². The zero-order valence-electron chi connectivity index (χ0n) is 40.0. The van der Waals surface area contributed by atoms with E-state index in [4.69, 9.17) is 33.2 Å². The summed E-state index contributed by atoms with van der Waals surface area (Å²) in [6.45, 7) is 27.0. The van der Waals surface area contributed by atoms with Crippen molar-refractivity contribution in [3.63, 3.8) is 0 Å². The van der Waals surface area contributed by atoms with E-state index in [1.807, 2.05) is 69.3 Å². The van der Waals surface area contributed by atoms with Crippen LogP contribution in [0.1, 0.15) is 143 Å². The predicted octanol–water partition coefficient (Wildman–Crippen LogP) is 8.71. The molecule has 1 aromatic heterocycles. The predicted molar refractivity (Wildman–Crippen MR) is 235 cm³/mol. The van der Waals surface area contributed by atoms with Crippen LogP contribution in [0.4, 0.5) is 0 Å². The Labute approximate surface area is 372 Å².